The number of nitrogens with zero attached hydrogens (tertiary/aromatic N) is 2. The van der Waals surface area contributed by atoms with Crippen LogP contribution in [0.15, 0.2) is 42.5 Å². The average Bonchev–Trinajstić information content (AvgIpc) is 3.31. The first-order valence-corrected chi connectivity index (χ1v) is 11.3. The van der Waals surface area contributed by atoms with Crippen LogP contribution in [-0.4, -0.2) is 73.5 Å². The molecule has 2 aromatic carbocycles. The maximum atomic E-state index is 12.5. The molecule has 1 fully saturated rings. The third-order valence-corrected chi connectivity index (χ3v) is 5.88. The van der Waals surface area contributed by atoms with Crippen molar-refractivity contribution in [2.45, 2.75) is 13.1 Å². The molecule has 2 aliphatic heterocycles. The van der Waals surface area contributed by atoms with Crippen molar-refractivity contribution in [2.75, 3.05) is 46.1 Å². The summed E-state index contributed by atoms with van der Waals surface area (Å²) in [6, 6.07) is 13.2. The first-order valence-electron chi connectivity index (χ1n) is 11.3. The summed E-state index contributed by atoms with van der Waals surface area (Å²) in [5.41, 5.74) is 8.23. The van der Waals surface area contributed by atoms with Gasteiger partial charge in [-0.1, -0.05) is 30.3 Å². The maximum absolute atomic E-state index is 12.5. The number of nitrogens with two attached hydrogens (primary N) is 1. The number of rotatable bonds is 9. The van der Waals surface area contributed by atoms with Crippen LogP contribution in [0.5, 0.6) is 11.5 Å². The van der Waals surface area contributed by atoms with Gasteiger partial charge < -0.3 is 30.7 Å². The monoisotopic (exact) mass is 502 g/mol. The predicted octanol–water partition coefficient (Wildman–Crippen LogP) is 0.671. The lowest BCUT2D eigenvalue weighted by atomic mass is 10.1. The summed E-state index contributed by atoms with van der Waals surface area (Å²) in [7, 11) is 0. The number of hydrogen-bond donors (Lipinski definition) is 4. The second kappa shape index (κ2) is 12.4. The van der Waals surface area contributed by atoms with E-state index in [1.54, 1.807) is 17.0 Å². The highest BCUT2D eigenvalue weighted by Crippen LogP contribution is 2.32. The minimum atomic E-state index is -0.227. The molecular weight excluding hydrogens is 472 g/mol. The smallest absolute Gasteiger partial charge is 0.242 e. The third-order valence-electron chi connectivity index (χ3n) is 5.88. The zero-order valence-electron chi connectivity index (χ0n) is 19.4. The number of carbonyl (C=O) groups excluding carboxylic acids is 2. The standard InChI is InChI=1S/C24H30N6O4.ClH/c25-24(26)19-4-1-17(2-5-19)12-27-13-22(31)28-14-23(32)30-9-7-29(8-10-30)15-18-3-6-20-21(11-18)34-16-33-20;/h1-6,11,27H,7-10,12-16H2,(H3,25,26)(H,28,31);1H. The van der Waals surface area contributed by atoms with E-state index in [-0.39, 0.29) is 49.9 Å². The molecule has 35 heavy (non-hydrogen) atoms. The lowest BCUT2D eigenvalue weighted by Crippen LogP contribution is -2.51. The number of hydrogen-bond acceptors (Lipinski definition) is 7. The van der Waals surface area contributed by atoms with Crippen LogP contribution < -0.4 is 25.8 Å². The number of halogens is 1. The normalized spacial score (nSPS) is 14.8. The molecule has 0 bridgehead atoms. The first-order chi connectivity index (χ1) is 16.5. The molecule has 1 saturated heterocycles. The van der Waals surface area contributed by atoms with E-state index in [2.05, 4.69) is 15.5 Å². The highest BCUT2D eigenvalue weighted by Gasteiger charge is 2.22. The molecule has 188 valence electrons. The SMILES string of the molecule is Cl.N=C(N)c1ccc(CNCC(=O)NCC(=O)N2CCN(Cc3ccc4c(c3)OCO4)CC2)cc1. The topological polar surface area (TPSA) is 133 Å². The minimum absolute atomic E-state index is 0. The molecule has 10 nitrogen and oxygen atoms in total. The highest BCUT2D eigenvalue weighted by molar-refractivity contribution is 5.94. The molecule has 4 rings (SSSR count). The molecule has 2 aliphatic rings. The van der Waals surface area contributed by atoms with Crippen molar-refractivity contribution in [1.82, 2.24) is 20.4 Å². The number of piperazine rings is 1. The fourth-order valence-corrected chi connectivity index (χ4v) is 3.92. The van der Waals surface area contributed by atoms with E-state index >= 15 is 0 Å². The van der Waals surface area contributed by atoms with Gasteiger partial charge in [-0.3, -0.25) is 19.9 Å². The molecule has 0 spiro atoms. The van der Waals surface area contributed by atoms with Crippen LogP contribution in [0.4, 0.5) is 0 Å². The number of carbonyl (C=O) groups is 2. The number of fused-ring (bicyclic) bond motifs is 1. The van der Waals surface area contributed by atoms with Crippen molar-refractivity contribution in [3.8, 4) is 11.5 Å². The van der Waals surface area contributed by atoms with Gasteiger partial charge in [0.2, 0.25) is 18.6 Å². The van der Waals surface area contributed by atoms with Crippen molar-refractivity contribution >= 4 is 30.1 Å². The Morgan fingerprint density at radius 1 is 0.943 bits per heavy atom. The molecule has 0 saturated carbocycles. The van der Waals surface area contributed by atoms with Gasteiger partial charge in [-0.15, -0.1) is 12.4 Å². The Kier molecular flexibility index (Phi) is 9.30. The van der Waals surface area contributed by atoms with Gasteiger partial charge in [0.05, 0.1) is 13.1 Å². The zero-order valence-corrected chi connectivity index (χ0v) is 20.2. The molecule has 11 heteroatoms. The maximum Gasteiger partial charge on any atom is 0.242 e. The first kappa shape index (κ1) is 26.3. The van der Waals surface area contributed by atoms with E-state index in [1.807, 2.05) is 30.3 Å². The van der Waals surface area contributed by atoms with Gasteiger partial charge in [-0.25, -0.2) is 0 Å². The van der Waals surface area contributed by atoms with E-state index in [4.69, 9.17) is 20.6 Å². The predicted molar refractivity (Wildman–Crippen MR) is 134 cm³/mol. The van der Waals surface area contributed by atoms with Crippen LogP contribution in [0, 0.1) is 5.41 Å². The summed E-state index contributed by atoms with van der Waals surface area (Å²) in [6.45, 7) is 4.49. The number of amidine groups is 1. The summed E-state index contributed by atoms with van der Waals surface area (Å²) in [5, 5.41) is 13.1. The Morgan fingerprint density at radius 2 is 1.63 bits per heavy atom. The Bertz CT molecular complexity index is 1040. The Hall–Kier alpha value is -3.34. The van der Waals surface area contributed by atoms with Gasteiger partial charge in [-0.2, -0.15) is 0 Å². The zero-order chi connectivity index (χ0) is 23.9. The van der Waals surface area contributed by atoms with E-state index < -0.39 is 0 Å². The van der Waals surface area contributed by atoms with E-state index in [0.29, 0.717) is 25.2 Å². The Morgan fingerprint density at radius 3 is 2.34 bits per heavy atom. The van der Waals surface area contributed by atoms with Gasteiger partial charge in [0.15, 0.2) is 11.5 Å². The van der Waals surface area contributed by atoms with E-state index in [9.17, 15) is 9.59 Å². The Balaban J connectivity index is 0.00000342. The van der Waals surface area contributed by atoms with Crippen LogP contribution in [-0.2, 0) is 22.7 Å². The van der Waals surface area contributed by atoms with Crippen molar-refractivity contribution < 1.29 is 19.1 Å². The molecule has 0 aliphatic carbocycles. The van der Waals surface area contributed by atoms with Crippen molar-refractivity contribution in [3.05, 3.63) is 59.2 Å². The summed E-state index contributed by atoms with van der Waals surface area (Å²) >= 11 is 0. The van der Waals surface area contributed by atoms with Gasteiger partial charge in [-0.05, 0) is 23.3 Å². The second-order valence-electron chi connectivity index (χ2n) is 8.34. The van der Waals surface area contributed by atoms with Gasteiger partial charge in [0.25, 0.3) is 0 Å². The summed E-state index contributed by atoms with van der Waals surface area (Å²) in [5.74, 6) is 1.28. The summed E-state index contributed by atoms with van der Waals surface area (Å²) in [6.07, 6.45) is 0. The van der Waals surface area contributed by atoms with Crippen LogP contribution in [0.2, 0.25) is 0 Å². The number of amides is 2. The molecule has 2 amide bonds. The molecule has 2 heterocycles. The van der Waals surface area contributed by atoms with Crippen LogP contribution in [0.1, 0.15) is 16.7 Å². The summed E-state index contributed by atoms with van der Waals surface area (Å²) < 4.78 is 10.8. The summed E-state index contributed by atoms with van der Waals surface area (Å²) in [4.78, 5) is 28.7. The van der Waals surface area contributed by atoms with E-state index in [1.165, 1.54) is 0 Å². The molecule has 0 atom stereocenters. The molecule has 0 radical (unpaired) electrons. The number of benzene rings is 2. The molecule has 2 aromatic rings. The minimum Gasteiger partial charge on any atom is -0.454 e. The fraction of sp³-hybridized carbons (Fsp3) is 0.375. The molecule has 0 aromatic heterocycles. The van der Waals surface area contributed by atoms with E-state index in [0.717, 1.165) is 42.3 Å². The van der Waals surface area contributed by atoms with Crippen molar-refractivity contribution in [2.24, 2.45) is 5.73 Å². The molecular formula is C24H31ClN6O4. The van der Waals surface area contributed by atoms with Crippen LogP contribution >= 0.6 is 12.4 Å². The average molecular weight is 503 g/mol. The quantitative estimate of drug-likeness (QED) is 0.292. The van der Waals surface area contributed by atoms with Gasteiger partial charge in [0, 0.05) is 44.8 Å². The van der Waals surface area contributed by atoms with Crippen molar-refractivity contribution in [3.63, 3.8) is 0 Å². The molecule has 0 unspecified atom stereocenters. The Labute approximate surface area is 210 Å². The lowest BCUT2D eigenvalue weighted by molar-refractivity contribution is -0.134. The third kappa shape index (κ3) is 7.32. The number of nitrogen functional groups attached to an aromatic ring is 1. The second-order valence-corrected chi connectivity index (χ2v) is 8.34. The van der Waals surface area contributed by atoms with Gasteiger partial charge >= 0.3 is 0 Å². The largest absolute Gasteiger partial charge is 0.454 e. The number of ether oxygens (including phenoxy) is 2. The van der Waals surface area contributed by atoms with Crippen LogP contribution in [0.3, 0.4) is 0 Å². The molecule has 5 N–H and O–H groups in total. The fourth-order valence-electron chi connectivity index (χ4n) is 3.92. The highest BCUT2D eigenvalue weighted by atomic mass is 35.5. The van der Waals surface area contributed by atoms with Crippen LogP contribution in [0.25, 0.3) is 0 Å². The number of nitrogens with one attached hydrogen (secondary N) is 3. The van der Waals surface area contributed by atoms with Gasteiger partial charge in [0.1, 0.15) is 5.84 Å². The van der Waals surface area contributed by atoms with Crippen molar-refractivity contribution in [1.29, 1.82) is 5.41 Å². The lowest BCUT2D eigenvalue weighted by Gasteiger charge is -2.34.